The summed E-state index contributed by atoms with van der Waals surface area (Å²) in [5.41, 5.74) is 3.22. The van der Waals surface area contributed by atoms with Gasteiger partial charge in [0.1, 0.15) is 5.58 Å². The summed E-state index contributed by atoms with van der Waals surface area (Å²) in [6, 6.07) is 18.4. The molecule has 0 aliphatic heterocycles. The fourth-order valence-electron chi connectivity index (χ4n) is 2.32. The molecule has 1 aromatic heterocycles. The summed E-state index contributed by atoms with van der Waals surface area (Å²) in [5.74, 6) is 0. The fourth-order valence-corrected chi connectivity index (χ4v) is 2.58. The van der Waals surface area contributed by atoms with Crippen molar-refractivity contribution < 1.29 is 4.42 Å². The standard InChI is InChI=1S/C17H16ClNO/c18-17-15(14-8-4-5-9-16(14)20-17)12-19-11-10-13-6-2-1-3-7-13/h1-9,19H,10-12H2. The van der Waals surface area contributed by atoms with Crippen LogP contribution in [0.2, 0.25) is 5.22 Å². The molecule has 0 bridgehead atoms. The Morgan fingerprint density at radius 3 is 2.55 bits per heavy atom. The number of furan rings is 1. The monoisotopic (exact) mass is 285 g/mol. The summed E-state index contributed by atoms with van der Waals surface area (Å²) in [6.45, 7) is 1.64. The second kappa shape index (κ2) is 6.12. The third kappa shape index (κ3) is 2.87. The predicted molar refractivity (Wildman–Crippen MR) is 83.1 cm³/mol. The highest BCUT2D eigenvalue weighted by atomic mass is 35.5. The highest BCUT2D eigenvalue weighted by Crippen LogP contribution is 2.29. The van der Waals surface area contributed by atoms with Gasteiger partial charge in [-0.05, 0) is 36.2 Å². The van der Waals surface area contributed by atoms with Gasteiger partial charge in [-0.3, -0.25) is 0 Å². The van der Waals surface area contributed by atoms with Gasteiger partial charge in [-0.25, -0.2) is 0 Å². The molecule has 0 atom stereocenters. The van der Waals surface area contributed by atoms with E-state index in [-0.39, 0.29) is 0 Å². The molecule has 0 saturated heterocycles. The van der Waals surface area contributed by atoms with E-state index >= 15 is 0 Å². The van der Waals surface area contributed by atoms with E-state index in [1.54, 1.807) is 0 Å². The minimum Gasteiger partial charge on any atom is -0.444 e. The second-order valence-corrected chi connectivity index (χ2v) is 5.11. The fraction of sp³-hybridized carbons (Fsp3) is 0.176. The van der Waals surface area contributed by atoms with Gasteiger partial charge < -0.3 is 9.73 Å². The van der Waals surface area contributed by atoms with E-state index in [1.807, 2.05) is 30.3 Å². The summed E-state index contributed by atoms with van der Waals surface area (Å²) in [4.78, 5) is 0. The van der Waals surface area contributed by atoms with Gasteiger partial charge in [0.2, 0.25) is 0 Å². The first-order chi connectivity index (χ1) is 9.84. The lowest BCUT2D eigenvalue weighted by Gasteiger charge is -2.04. The smallest absolute Gasteiger partial charge is 0.199 e. The molecule has 20 heavy (non-hydrogen) atoms. The van der Waals surface area contributed by atoms with Crippen molar-refractivity contribution in [2.75, 3.05) is 6.54 Å². The third-order valence-electron chi connectivity index (χ3n) is 3.38. The number of para-hydroxylation sites is 1. The number of nitrogens with one attached hydrogen (secondary N) is 1. The molecule has 1 heterocycles. The molecule has 3 heteroatoms. The summed E-state index contributed by atoms with van der Waals surface area (Å²) < 4.78 is 5.54. The molecule has 0 aliphatic rings. The maximum atomic E-state index is 6.16. The Labute approximate surface area is 123 Å². The van der Waals surface area contributed by atoms with Gasteiger partial charge in [-0.2, -0.15) is 0 Å². The number of benzene rings is 2. The zero-order valence-corrected chi connectivity index (χ0v) is 11.9. The lowest BCUT2D eigenvalue weighted by atomic mass is 10.1. The predicted octanol–water partition coefficient (Wildman–Crippen LogP) is 4.42. The number of fused-ring (bicyclic) bond motifs is 1. The van der Waals surface area contributed by atoms with Crippen molar-refractivity contribution in [1.29, 1.82) is 0 Å². The Balaban J connectivity index is 1.61. The average molecular weight is 286 g/mol. The van der Waals surface area contributed by atoms with Crippen molar-refractivity contribution in [3.63, 3.8) is 0 Å². The van der Waals surface area contributed by atoms with E-state index in [9.17, 15) is 0 Å². The van der Waals surface area contributed by atoms with Crippen LogP contribution in [0.3, 0.4) is 0 Å². The maximum absolute atomic E-state index is 6.16. The van der Waals surface area contributed by atoms with Gasteiger partial charge in [0.25, 0.3) is 0 Å². The molecule has 2 nitrogen and oxygen atoms in total. The van der Waals surface area contributed by atoms with E-state index < -0.39 is 0 Å². The van der Waals surface area contributed by atoms with Crippen LogP contribution in [-0.4, -0.2) is 6.54 Å². The lowest BCUT2D eigenvalue weighted by molar-refractivity contribution is 0.604. The molecular weight excluding hydrogens is 270 g/mol. The summed E-state index contributed by atoms with van der Waals surface area (Å²) in [6.07, 6.45) is 1.01. The Hall–Kier alpha value is -1.77. The highest BCUT2D eigenvalue weighted by Gasteiger charge is 2.10. The maximum Gasteiger partial charge on any atom is 0.199 e. The zero-order chi connectivity index (χ0) is 13.8. The van der Waals surface area contributed by atoms with Crippen LogP contribution in [0, 0.1) is 0 Å². The molecule has 2 aromatic carbocycles. The van der Waals surface area contributed by atoms with Gasteiger partial charge in [-0.1, -0.05) is 48.5 Å². The quantitative estimate of drug-likeness (QED) is 0.702. The van der Waals surface area contributed by atoms with Crippen molar-refractivity contribution >= 4 is 22.6 Å². The molecule has 0 spiro atoms. The van der Waals surface area contributed by atoms with Crippen molar-refractivity contribution in [2.45, 2.75) is 13.0 Å². The molecule has 0 saturated carbocycles. The van der Waals surface area contributed by atoms with Crippen molar-refractivity contribution in [1.82, 2.24) is 5.32 Å². The average Bonchev–Trinajstić information content (AvgIpc) is 2.80. The van der Waals surface area contributed by atoms with E-state index in [0.29, 0.717) is 5.22 Å². The van der Waals surface area contributed by atoms with Crippen LogP contribution in [0.4, 0.5) is 0 Å². The van der Waals surface area contributed by atoms with Gasteiger partial charge >= 0.3 is 0 Å². The summed E-state index contributed by atoms with van der Waals surface area (Å²) >= 11 is 6.16. The zero-order valence-electron chi connectivity index (χ0n) is 11.1. The van der Waals surface area contributed by atoms with E-state index in [2.05, 4.69) is 29.6 Å². The molecule has 3 rings (SSSR count). The van der Waals surface area contributed by atoms with Crippen LogP contribution in [0.5, 0.6) is 0 Å². The van der Waals surface area contributed by atoms with Crippen molar-refractivity contribution in [3.05, 3.63) is 70.9 Å². The molecule has 0 amide bonds. The van der Waals surface area contributed by atoms with Gasteiger partial charge in [0.15, 0.2) is 5.22 Å². The Kier molecular flexibility index (Phi) is 4.05. The van der Waals surface area contributed by atoms with Crippen molar-refractivity contribution in [2.24, 2.45) is 0 Å². The second-order valence-electron chi connectivity index (χ2n) is 4.76. The van der Waals surface area contributed by atoms with Gasteiger partial charge in [0, 0.05) is 17.5 Å². The molecule has 0 radical (unpaired) electrons. The SMILES string of the molecule is Clc1oc2ccccc2c1CNCCc1ccccc1. The van der Waals surface area contributed by atoms with E-state index in [1.165, 1.54) is 5.56 Å². The number of hydrogen-bond acceptors (Lipinski definition) is 2. The molecule has 0 aliphatic carbocycles. The molecule has 102 valence electrons. The number of hydrogen-bond donors (Lipinski definition) is 1. The molecule has 0 unspecified atom stereocenters. The van der Waals surface area contributed by atoms with Crippen LogP contribution in [0.15, 0.2) is 59.0 Å². The van der Waals surface area contributed by atoms with E-state index in [0.717, 1.165) is 36.0 Å². The third-order valence-corrected chi connectivity index (χ3v) is 3.69. The largest absolute Gasteiger partial charge is 0.444 e. The molecule has 0 fully saturated rings. The highest BCUT2D eigenvalue weighted by molar-refractivity contribution is 6.30. The number of rotatable bonds is 5. The van der Waals surface area contributed by atoms with Crippen LogP contribution in [0.1, 0.15) is 11.1 Å². The van der Waals surface area contributed by atoms with Gasteiger partial charge in [-0.15, -0.1) is 0 Å². The molecular formula is C17H16ClNO. The molecule has 3 aromatic rings. The Bertz CT molecular complexity index is 691. The summed E-state index contributed by atoms with van der Waals surface area (Å²) in [5, 5.41) is 5.00. The first-order valence-electron chi connectivity index (χ1n) is 6.75. The minimum absolute atomic E-state index is 0.485. The molecule has 1 N–H and O–H groups in total. The Morgan fingerprint density at radius 2 is 1.70 bits per heavy atom. The Morgan fingerprint density at radius 1 is 0.950 bits per heavy atom. The lowest BCUT2D eigenvalue weighted by Crippen LogP contribution is -2.16. The number of halogens is 1. The summed E-state index contributed by atoms with van der Waals surface area (Å²) in [7, 11) is 0. The topological polar surface area (TPSA) is 25.2 Å². The first-order valence-corrected chi connectivity index (χ1v) is 7.13. The van der Waals surface area contributed by atoms with Crippen LogP contribution in [-0.2, 0) is 13.0 Å². The van der Waals surface area contributed by atoms with Gasteiger partial charge in [0.05, 0.1) is 0 Å². The van der Waals surface area contributed by atoms with Crippen LogP contribution >= 0.6 is 11.6 Å². The van der Waals surface area contributed by atoms with Crippen LogP contribution in [0.25, 0.3) is 11.0 Å². The van der Waals surface area contributed by atoms with Crippen LogP contribution < -0.4 is 5.32 Å². The minimum atomic E-state index is 0.485. The normalized spacial score (nSPS) is 11.1. The van der Waals surface area contributed by atoms with E-state index in [4.69, 9.17) is 16.0 Å². The van der Waals surface area contributed by atoms with Crippen molar-refractivity contribution in [3.8, 4) is 0 Å². The first kappa shape index (κ1) is 13.2.